The fourth-order valence-corrected chi connectivity index (χ4v) is 2.29. The molecule has 2 aromatic rings. The van der Waals surface area contributed by atoms with Gasteiger partial charge in [-0.25, -0.2) is 18.4 Å². The van der Waals surface area contributed by atoms with Crippen molar-refractivity contribution in [3.63, 3.8) is 0 Å². The number of anilines is 1. The Kier molecular flexibility index (Phi) is 5.17. The number of sulfonamides is 1. The number of esters is 1. The van der Waals surface area contributed by atoms with Crippen LogP contribution in [0, 0.1) is 0 Å². The van der Waals surface area contributed by atoms with Crippen LogP contribution in [0.2, 0.25) is 0 Å². The zero-order valence-electron chi connectivity index (χ0n) is 12.3. The number of phenolic OH excluding ortho intramolecular Hbond substituents is 1. The molecule has 0 aliphatic heterocycles. The normalized spacial score (nSPS) is 10.9. The second kappa shape index (κ2) is 7.11. The first kappa shape index (κ1) is 17.4. The van der Waals surface area contributed by atoms with E-state index >= 15 is 0 Å². The molecule has 2 aromatic carbocycles. The summed E-state index contributed by atoms with van der Waals surface area (Å²) in [5.41, 5.74) is 0.432. The highest BCUT2D eigenvalue weighted by molar-refractivity contribution is 7.89. The van der Waals surface area contributed by atoms with E-state index in [1.807, 2.05) is 0 Å². The summed E-state index contributed by atoms with van der Waals surface area (Å²) in [5, 5.41) is 16.7. The summed E-state index contributed by atoms with van der Waals surface area (Å²) in [7, 11) is -3.81. The summed E-state index contributed by atoms with van der Waals surface area (Å²) in [4.78, 5) is 23.3. The van der Waals surface area contributed by atoms with Gasteiger partial charge >= 0.3 is 5.97 Å². The van der Waals surface area contributed by atoms with Crippen LogP contribution in [0.15, 0.2) is 53.4 Å². The molecule has 0 aliphatic rings. The predicted molar refractivity (Wildman–Crippen MR) is 84.8 cm³/mol. The smallest absolute Gasteiger partial charge is 0.338 e. The molecular weight excluding hydrogens is 336 g/mol. The van der Waals surface area contributed by atoms with Gasteiger partial charge in [0.2, 0.25) is 10.0 Å². The molecule has 126 valence electrons. The number of amides is 1. The molecule has 0 aromatic heterocycles. The topological polar surface area (TPSA) is 136 Å². The van der Waals surface area contributed by atoms with Crippen LogP contribution in [0.4, 0.5) is 5.69 Å². The minimum Gasteiger partial charge on any atom is -0.508 e. The summed E-state index contributed by atoms with van der Waals surface area (Å²) in [5.74, 6) is -1.46. The first-order valence-electron chi connectivity index (χ1n) is 6.64. The molecule has 2 rings (SSSR count). The third-order valence-electron chi connectivity index (χ3n) is 2.88. The number of nitrogens with one attached hydrogen (secondary N) is 1. The van der Waals surface area contributed by atoms with Gasteiger partial charge in [0.15, 0.2) is 6.61 Å². The maximum atomic E-state index is 11.7. The van der Waals surface area contributed by atoms with E-state index in [1.54, 1.807) is 0 Å². The molecule has 0 spiro atoms. The van der Waals surface area contributed by atoms with Gasteiger partial charge in [-0.15, -0.1) is 0 Å². The van der Waals surface area contributed by atoms with Gasteiger partial charge in [-0.05, 0) is 42.5 Å². The molecule has 4 N–H and O–H groups in total. The van der Waals surface area contributed by atoms with E-state index in [4.69, 9.17) is 9.88 Å². The van der Waals surface area contributed by atoms with Crippen molar-refractivity contribution in [3.8, 4) is 5.75 Å². The Hall–Kier alpha value is -2.91. The molecule has 24 heavy (non-hydrogen) atoms. The molecule has 0 radical (unpaired) electrons. The molecule has 0 bridgehead atoms. The van der Waals surface area contributed by atoms with E-state index in [0.717, 1.165) is 0 Å². The molecule has 0 aliphatic carbocycles. The molecule has 0 saturated carbocycles. The van der Waals surface area contributed by atoms with Crippen molar-refractivity contribution in [1.29, 1.82) is 0 Å². The van der Waals surface area contributed by atoms with Crippen molar-refractivity contribution in [2.24, 2.45) is 5.14 Å². The van der Waals surface area contributed by atoms with E-state index in [9.17, 15) is 23.1 Å². The zero-order chi connectivity index (χ0) is 17.7. The molecule has 1 amide bonds. The number of carbonyl (C=O) groups excluding carboxylic acids is 2. The van der Waals surface area contributed by atoms with Crippen LogP contribution in [-0.4, -0.2) is 32.0 Å². The second-order valence-electron chi connectivity index (χ2n) is 4.74. The van der Waals surface area contributed by atoms with E-state index in [1.165, 1.54) is 48.5 Å². The van der Waals surface area contributed by atoms with Crippen molar-refractivity contribution in [1.82, 2.24) is 0 Å². The van der Waals surface area contributed by atoms with Crippen molar-refractivity contribution in [2.75, 3.05) is 11.9 Å². The first-order chi connectivity index (χ1) is 11.3. The van der Waals surface area contributed by atoms with Crippen LogP contribution in [0.3, 0.4) is 0 Å². The highest BCUT2D eigenvalue weighted by atomic mass is 32.2. The van der Waals surface area contributed by atoms with Gasteiger partial charge in [-0.3, -0.25) is 4.79 Å². The number of hydrogen-bond acceptors (Lipinski definition) is 6. The highest BCUT2D eigenvalue weighted by Gasteiger charge is 2.12. The van der Waals surface area contributed by atoms with Gasteiger partial charge in [-0.1, -0.05) is 6.07 Å². The van der Waals surface area contributed by atoms with Crippen molar-refractivity contribution >= 4 is 27.6 Å². The third-order valence-corrected chi connectivity index (χ3v) is 3.81. The zero-order valence-corrected chi connectivity index (χ0v) is 13.1. The number of carbonyl (C=O) groups is 2. The Labute approximate surface area is 137 Å². The molecule has 0 fully saturated rings. The minimum atomic E-state index is -3.81. The van der Waals surface area contributed by atoms with E-state index in [2.05, 4.69) is 5.32 Å². The first-order valence-corrected chi connectivity index (χ1v) is 8.19. The third kappa shape index (κ3) is 4.80. The summed E-state index contributed by atoms with van der Waals surface area (Å²) >= 11 is 0. The summed E-state index contributed by atoms with van der Waals surface area (Å²) in [6.07, 6.45) is 0. The lowest BCUT2D eigenvalue weighted by Gasteiger charge is -2.07. The lowest BCUT2D eigenvalue weighted by Crippen LogP contribution is -2.21. The van der Waals surface area contributed by atoms with Gasteiger partial charge in [-0.2, -0.15) is 0 Å². The number of phenols is 1. The number of ether oxygens (including phenoxy) is 1. The minimum absolute atomic E-state index is 0.0872. The maximum absolute atomic E-state index is 11.7. The monoisotopic (exact) mass is 350 g/mol. The number of nitrogens with two attached hydrogens (primary N) is 1. The molecule has 0 saturated heterocycles. The van der Waals surface area contributed by atoms with Crippen LogP contribution < -0.4 is 10.5 Å². The summed E-state index contributed by atoms with van der Waals surface area (Å²) in [6, 6.07) is 10.7. The standard InChI is InChI=1S/C15H14N2O6S/c16-24(21,22)13-6-4-11(5-7-13)17-14(19)9-23-15(20)10-2-1-3-12(18)8-10/h1-8,18H,9H2,(H,17,19)(H2,16,21,22). The summed E-state index contributed by atoms with van der Waals surface area (Å²) in [6.45, 7) is -0.536. The lowest BCUT2D eigenvalue weighted by molar-refractivity contribution is -0.119. The van der Waals surface area contributed by atoms with Gasteiger partial charge in [0.25, 0.3) is 5.91 Å². The van der Waals surface area contributed by atoms with Gasteiger partial charge in [0.1, 0.15) is 5.75 Å². The average molecular weight is 350 g/mol. The molecule has 0 unspecified atom stereocenters. The van der Waals surface area contributed by atoms with Gasteiger partial charge in [0.05, 0.1) is 10.5 Å². The van der Waals surface area contributed by atoms with E-state index < -0.39 is 28.5 Å². The fourth-order valence-electron chi connectivity index (χ4n) is 1.77. The fraction of sp³-hybridized carbons (Fsp3) is 0.0667. The van der Waals surface area contributed by atoms with Gasteiger partial charge < -0.3 is 15.2 Å². The Bertz CT molecular complexity index is 862. The van der Waals surface area contributed by atoms with Crippen molar-refractivity contribution in [3.05, 3.63) is 54.1 Å². The number of hydrogen-bond donors (Lipinski definition) is 3. The Morgan fingerprint density at radius 1 is 1.12 bits per heavy atom. The molecule has 8 nitrogen and oxygen atoms in total. The lowest BCUT2D eigenvalue weighted by atomic mass is 10.2. The Morgan fingerprint density at radius 3 is 2.38 bits per heavy atom. The molecule has 0 atom stereocenters. The maximum Gasteiger partial charge on any atom is 0.338 e. The van der Waals surface area contributed by atoms with Crippen LogP contribution in [0.1, 0.15) is 10.4 Å². The largest absolute Gasteiger partial charge is 0.508 e. The van der Waals surface area contributed by atoms with Crippen LogP contribution in [0.5, 0.6) is 5.75 Å². The average Bonchev–Trinajstić information content (AvgIpc) is 2.52. The molecule has 9 heteroatoms. The predicted octanol–water partition coefficient (Wildman–Crippen LogP) is 0.835. The van der Waals surface area contributed by atoms with Crippen LogP contribution >= 0.6 is 0 Å². The number of aromatic hydroxyl groups is 1. The quantitative estimate of drug-likeness (QED) is 0.684. The highest BCUT2D eigenvalue weighted by Crippen LogP contribution is 2.13. The Morgan fingerprint density at radius 2 is 1.79 bits per heavy atom. The Balaban J connectivity index is 1.90. The van der Waals surface area contributed by atoms with Crippen molar-refractivity contribution < 1.29 is 27.9 Å². The SMILES string of the molecule is NS(=O)(=O)c1ccc(NC(=O)COC(=O)c2cccc(O)c2)cc1. The number of benzene rings is 2. The van der Waals surface area contributed by atoms with Crippen molar-refractivity contribution in [2.45, 2.75) is 4.90 Å². The van der Waals surface area contributed by atoms with Crippen LogP contribution in [0.25, 0.3) is 0 Å². The number of rotatable bonds is 5. The van der Waals surface area contributed by atoms with Gasteiger partial charge in [0, 0.05) is 5.69 Å². The van der Waals surface area contributed by atoms with Crippen LogP contribution in [-0.2, 0) is 19.6 Å². The van der Waals surface area contributed by atoms with E-state index in [0.29, 0.717) is 5.69 Å². The van der Waals surface area contributed by atoms with E-state index in [-0.39, 0.29) is 16.2 Å². The second-order valence-corrected chi connectivity index (χ2v) is 6.31. The number of primary sulfonamides is 1. The molecular formula is C15H14N2O6S. The molecule has 0 heterocycles. The summed E-state index contributed by atoms with van der Waals surface area (Å²) < 4.78 is 27.1.